The van der Waals surface area contributed by atoms with Crippen molar-refractivity contribution in [2.75, 3.05) is 31.5 Å². The molecular weight excluding hydrogens is 504 g/mol. The number of hydrogen-bond donors (Lipinski definition) is 2. The number of aryl methyl sites for hydroxylation is 2. The third-order valence-electron chi connectivity index (χ3n) is 9.39. The lowest BCUT2D eigenvalue weighted by Gasteiger charge is -2.35. The van der Waals surface area contributed by atoms with E-state index in [0.29, 0.717) is 18.8 Å². The number of carbonyl (C=O) groups excluding carboxylic acids is 3. The van der Waals surface area contributed by atoms with E-state index in [0.717, 1.165) is 62.7 Å². The van der Waals surface area contributed by atoms with Gasteiger partial charge in [0.25, 0.3) is 0 Å². The van der Waals surface area contributed by atoms with Crippen molar-refractivity contribution in [1.82, 2.24) is 15.1 Å². The molecule has 2 N–H and O–H groups in total. The molecule has 218 valence electrons. The van der Waals surface area contributed by atoms with E-state index in [2.05, 4.69) is 29.4 Å². The molecule has 1 aliphatic carbocycles. The normalized spacial score (nSPS) is 29.3. The van der Waals surface area contributed by atoms with Crippen LogP contribution in [-0.4, -0.2) is 77.5 Å². The Hall–Kier alpha value is -2.71. The third kappa shape index (κ3) is 5.32. The zero-order chi connectivity index (χ0) is 28.4. The quantitative estimate of drug-likeness (QED) is 0.407. The summed E-state index contributed by atoms with van der Waals surface area (Å²) >= 11 is 0. The number of nitrogens with zero attached hydrogens (tertiary/aromatic N) is 2. The minimum atomic E-state index is -1.12. The van der Waals surface area contributed by atoms with Gasteiger partial charge in [0.1, 0.15) is 11.6 Å². The molecule has 3 aliphatic heterocycles. The van der Waals surface area contributed by atoms with Crippen LogP contribution >= 0.6 is 0 Å². The minimum absolute atomic E-state index is 0.122. The summed E-state index contributed by atoms with van der Waals surface area (Å²) < 4.78 is 6.51. The van der Waals surface area contributed by atoms with E-state index >= 15 is 0 Å². The summed E-state index contributed by atoms with van der Waals surface area (Å²) in [5.74, 6) is -1.94. The zero-order valence-electron chi connectivity index (χ0n) is 24.6. The van der Waals surface area contributed by atoms with Gasteiger partial charge in [-0.05, 0) is 75.9 Å². The van der Waals surface area contributed by atoms with Gasteiger partial charge in [-0.2, -0.15) is 0 Å². The summed E-state index contributed by atoms with van der Waals surface area (Å²) in [6.45, 7) is 11.4. The molecule has 3 fully saturated rings. The number of anilines is 1. The van der Waals surface area contributed by atoms with Gasteiger partial charge in [0.2, 0.25) is 17.7 Å². The van der Waals surface area contributed by atoms with Crippen molar-refractivity contribution in [3.63, 3.8) is 0 Å². The van der Waals surface area contributed by atoms with Gasteiger partial charge in [0, 0.05) is 24.8 Å². The number of hydrogen-bond acceptors (Lipinski definition) is 5. The summed E-state index contributed by atoms with van der Waals surface area (Å²) in [7, 11) is 0. The molecule has 1 saturated carbocycles. The molecule has 3 amide bonds. The van der Waals surface area contributed by atoms with Crippen LogP contribution in [0.4, 0.5) is 5.69 Å². The van der Waals surface area contributed by atoms with Crippen molar-refractivity contribution >= 4 is 23.4 Å². The highest BCUT2D eigenvalue weighted by Gasteiger charge is 2.72. The lowest BCUT2D eigenvalue weighted by molar-refractivity contribution is -0.141. The molecule has 40 heavy (non-hydrogen) atoms. The van der Waals surface area contributed by atoms with E-state index < -0.39 is 29.6 Å². The molecule has 0 unspecified atom stereocenters. The van der Waals surface area contributed by atoms with E-state index in [1.165, 1.54) is 6.42 Å². The second kappa shape index (κ2) is 12.0. The van der Waals surface area contributed by atoms with E-state index in [1.807, 2.05) is 44.2 Å². The Labute approximate surface area is 238 Å². The summed E-state index contributed by atoms with van der Waals surface area (Å²) in [6.07, 6.45) is 10.7. The highest BCUT2D eigenvalue weighted by molar-refractivity contribution is 6.02. The molecule has 0 radical (unpaired) electrons. The van der Waals surface area contributed by atoms with Crippen LogP contribution in [0.15, 0.2) is 30.4 Å². The molecule has 8 heteroatoms. The summed E-state index contributed by atoms with van der Waals surface area (Å²) in [6, 6.07) is 5.16. The molecule has 2 saturated heterocycles. The van der Waals surface area contributed by atoms with Gasteiger partial charge in [-0.1, -0.05) is 51.3 Å². The summed E-state index contributed by atoms with van der Waals surface area (Å²) in [4.78, 5) is 46.0. The zero-order valence-corrected chi connectivity index (χ0v) is 24.6. The number of nitrogens with one attached hydrogen (secondary N) is 2. The average Bonchev–Trinajstić information content (AvgIpc) is 3.57. The molecule has 8 nitrogen and oxygen atoms in total. The minimum Gasteiger partial charge on any atom is -0.359 e. The van der Waals surface area contributed by atoms with Gasteiger partial charge in [-0.15, -0.1) is 0 Å². The first kappa shape index (κ1) is 28.8. The fourth-order valence-corrected chi connectivity index (χ4v) is 7.30. The van der Waals surface area contributed by atoms with Gasteiger partial charge >= 0.3 is 0 Å². The fraction of sp³-hybridized carbons (Fsp3) is 0.656. The van der Waals surface area contributed by atoms with Crippen LogP contribution in [0.2, 0.25) is 0 Å². The first-order valence-corrected chi connectivity index (χ1v) is 15.4. The highest BCUT2D eigenvalue weighted by Crippen LogP contribution is 2.55. The Morgan fingerprint density at radius 1 is 1.02 bits per heavy atom. The van der Waals surface area contributed by atoms with Crippen molar-refractivity contribution in [2.45, 2.75) is 96.4 Å². The van der Waals surface area contributed by atoms with Crippen LogP contribution in [0.3, 0.4) is 0 Å². The molecule has 1 aromatic rings. The highest BCUT2D eigenvalue weighted by atomic mass is 16.5. The van der Waals surface area contributed by atoms with Crippen molar-refractivity contribution < 1.29 is 19.1 Å². The SMILES string of the molecule is CCCN(CCC)CCN1C(=O)[C@@H]2[C@@H](C(=O)Nc3ccc(C)c(C)c3)[C@@H]3C=C[C@@]2(O3)[C@@H]1C(=O)NC1CCCCC1. The predicted molar refractivity (Wildman–Crippen MR) is 156 cm³/mol. The van der Waals surface area contributed by atoms with Crippen LogP contribution in [0, 0.1) is 25.7 Å². The van der Waals surface area contributed by atoms with E-state index in [9.17, 15) is 14.4 Å². The monoisotopic (exact) mass is 550 g/mol. The first-order valence-electron chi connectivity index (χ1n) is 15.4. The second-order valence-corrected chi connectivity index (χ2v) is 12.2. The number of rotatable bonds is 11. The summed E-state index contributed by atoms with van der Waals surface area (Å²) in [5, 5.41) is 6.32. The van der Waals surface area contributed by atoms with E-state index in [4.69, 9.17) is 4.74 Å². The topological polar surface area (TPSA) is 91.0 Å². The number of ether oxygens (including phenoxy) is 1. The maximum absolute atomic E-state index is 14.2. The van der Waals surface area contributed by atoms with Crippen LogP contribution in [0.1, 0.15) is 69.9 Å². The molecule has 5 rings (SSSR count). The first-order chi connectivity index (χ1) is 19.3. The maximum atomic E-state index is 14.2. The van der Waals surface area contributed by atoms with Crippen LogP contribution in [-0.2, 0) is 19.1 Å². The van der Waals surface area contributed by atoms with Crippen molar-refractivity contribution in [3.8, 4) is 0 Å². The Morgan fingerprint density at radius 2 is 1.75 bits per heavy atom. The van der Waals surface area contributed by atoms with Gasteiger partial charge in [0.05, 0.1) is 17.9 Å². The van der Waals surface area contributed by atoms with Crippen molar-refractivity contribution in [3.05, 3.63) is 41.5 Å². The number of amides is 3. The maximum Gasteiger partial charge on any atom is 0.246 e. The third-order valence-corrected chi connectivity index (χ3v) is 9.39. The van der Waals surface area contributed by atoms with Crippen LogP contribution in [0.25, 0.3) is 0 Å². The molecule has 5 atom stereocenters. The number of carbonyl (C=O) groups is 3. The van der Waals surface area contributed by atoms with Crippen molar-refractivity contribution in [1.29, 1.82) is 0 Å². The molecule has 2 bridgehead atoms. The predicted octanol–water partition coefficient (Wildman–Crippen LogP) is 3.96. The molecule has 3 heterocycles. The molecule has 0 aromatic heterocycles. The average molecular weight is 551 g/mol. The number of likely N-dealkylation sites (tertiary alicyclic amines) is 1. The number of benzene rings is 1. The van der Waals surface area contributed by atoms with Crippen LogP contribution in [0.5, 0.6) is 0 Å². The molecule has 1 spiro atoms. The molecular formula is C32H46N4O4. The Morgan fingerprint density at radius 3 is 2.42 bits per heavy atom. The van der Waals surface area contributed by atoms with E-state index in [-0.39, 0.29) is 23.8 Å². The second-order valence-electron chi connectivity index (χ2n) is 12.2. The van der Waals surface area contributed by atoms with Gasteiger partial charge in [0.15, 0.2) is 0 Å². The van der Waals surface area contributed by atoms with Gasteiger partial charge < -0.3 is 25.2 Å². The van der Waals surface area contributed by atoms with Crippen molar-refractivity contribution in [2.24, 2.45) is 11.8 Å². The Kier molecular flexibility index (Phi) is 8.66. The smallest absolute Gasteiger partial charge is 0.246 e. The van der Waals surface area contributed by atoms with E-state index in [1.54, 1.807) is 4.90 Å². The lowest BCUT2D eigenvalue weighted by atomic mass is 9.74. The largest absolute Gasteiger partial charge is 0.359 e. The van der Waals surface area contributed by atoms with Crippen LogP contribution < -0.4 is 10.6 Å². The molecule has 4 aliphatic rings. The Bertz CT molecular complexity index is 1140. The van der Waals surface area contributed by atoms with Gasteiger partial charge in [-0.25, -0.2) is 0 Å². The molecule has 1 aromatic carbocycles. The summed E-state index contributed by atoms with van der Waals surface area (Å²) in [5.41, 5.74) is 1.82. The Balaban J connectivity index is 1.41. The standard InChI is InChI=1S/C32H46N4O4/c1-5-16-35(17-6-2)18-19-36-28(30(38)33-23-10-8-7-9-11-23)32-15-14-25(40-32)26(27(32)31(36)39)29(37)34-24-13-12-21(3)22(4)20-24/h12-15,20,23,25-28H,5-11,16-19H2,1-4H3,(H,33,38)(H,34,37)/t25-,26-,27-,28-,32-/m0/s1. The fourth-order valence-electron chi connectivity index (χ4n) is 7.30. The van der Waals surface area contributed by atoms with Gasteiger partial charge in [-0.3, -0.25) is 14.4 Å². The lowest BCUT2D eigenvalue weighted by Crippen LogP contribution is -2.57. The number of fused-ring (bicyclic) bond motifs is 1.